The Kier molecular flexibility index (Phi) is 8.11. The SMILES string of the molecule is O=C(/C=C/CCC[C@H](O)c1ccccc1OCCO)NO. The van der Waals surface area contributed by atoms with Gasteiger partial charge in [0.15, 0.2) is 0 Å². The second-order valence-electron chi connectivity index (χ2n) is 4.44. The van der Waals surface area contributed by atoms with Gasteiger partial charge in [0, 0.05) is 11.6 Å². The number of nitrogens with one attached hydrogen (secondary N) is 1. The number of carbonyl (C=O) groups is 1. The number of benzene rings is 1. The maximum absolute atomic E-state index is 10.7. The van der Waals surface area contributed by atoms with Gasteiger partial charge in [0.25, 0.3) is 5.91 Å². The molecule has 21 heavy (non-hydrogen) atoms. The van der Waals surface area contributed by atoms with Gasteiger partial charge in [-0.2, -0.15) is 0 Å². The Morgan fingerprint density at radius 3 is 2.86 bits per heavy atom. The Morgan fingerprint density at radius 1 is 1.38 bits per heavy atom. The molecule has 0 fully saturated rings. The topological polar surface area (TPSA) is 99.0 Å². The minimum Gasteiger partial charge on any atom is -0.491 e. The molecule has 0 bridgehead atoms. The summed E-state index contributed by atoms with van der Waals surface area (Å²) in [4.78, 5) is 10.7. The summed E-state index contributed by atoms with van der Waals surface area (Å²) in [6, 6.07) is 7.15. The van der Waals surface area contributed by atoms with E-state index in [1.165, 1.54) is 11.6 Å². The fourth-order valence-corrected chi connectivity index (χ4v) is 1.86. The van der Waals surface area contributed by atoms with Gasteiger partial charge in [0.05, 0.1) is 12.7 Å². The zero-order valence-corrected chi connectivity index (χ0v) is 11.7. The molecule has 0 radical (unpaired) electrons. The van der Waals surface area contributed by atoms with Gasteiger partial charge >= 0.3 is 0 Å². The molecule has 1 amide bonds. The van der Waals surface area contributed by atoms with E-state index in [0.717, 1.165) is 0 Å². The molecule has 0 unspecified atom stereocenters. The number of unbranched alkanes of at least 4 members (excludes halogenated alkanes) is 1. The highest BCUT2D eigenvalue weighted by molar-refractivity contribution is 5.86. The first-order chi connectivity index (χ1) is 10.2. The van der Waals surface area contributed by atoms with Gasteiger partial charge in [0.1, 0.15) is 12.4 Å². The normalized spacial score (nSPS) is 12.3. The zero-order chi connectivity index (χ0) is 15.5. The van der Waals surface area contributed by atoms with Gasteiger partial charge < -0.3 is 14.9 Å². The molecule has 1 aromatic rings. The number of hydroxylamine groups is 1. The fourth-order valence-electron chi connectivity index (χ4n) is 1.86. The monoisotopic (exact) mass is 295 g/mol. The van der Waals surface area contributed by atoms with Crippen LogP contribution in [0.5, 0.6) is 5.75 Å². The fraction of sp³-hybridized carbons (Fsp3) is 0.400. The standard InChI is InChI=1S/C15H21NO5/c17-10-11-21-14-8-5-4-6-12(14)13(18)7-2-1-3-9-15(19)16-20/h3-6,8-9,13,17-18,20H,1-2,7,10-11H2,(H,16,19)/b9-3+/t13-/m0/s1. The maximum Gasteiger partial charge on any atom is 0.267 e. The second-order valence-corrected chi connectivity index (χ2v) is 4.44. The molecule has 0 aliphatic heterocycles. The van der Waals surface area contributed by atoms with Gasteiger partial charge in [-0.25, -0.2) is 5.48 Å². The van der Waals surface area contributed by atoms with E-state index < -0.39 is 12.0 Å². The van der Waals surface area contributed by atoms with Crippen LogP contribution in [0.3, 0.4) is 0 Å². The summed E-state index contributed by atoms with van der Waals surface area (Å²) in [6.45, 7) is 0.102. The van der Waals surface area contributed by atoms with Crippen LogP contribution in [0.2, 0.25) is 0 Å². The number of hydrogen-bond donors (Lipinski definition) is 4. The number of rotatable bonds is 9. The van der Waals surface area contributed by atoms with E-state index in [9.17, 15) is 9.90 Å². The molecule has 0 aliphatic carbocycles. The minimum atomic E-state index is -0.667. The van der Waals surface area contributed by atoms with E-state index in [-0.39, 0.29) is 13.2 Å². The number of ether oxygens (including phenoxy) is 1. The molecule has 0 aliphatic rings. The van der Waals surface area contributed by atoms with Crippen LogP contribution in [0, 0.1) is 0 Å². The largest absolute Gasteiger partial charge is 0.491 e. The molecule has 116 valence electrons. The number of allylic oxidation sites excluding steroid dienone is 1. The number of hydrogen-bond acceptors (Lipinski definition) is 5. The molecule has 6 heteroatoms. The lowest BCUT2D eigenvalue weighted by atomic mass is 10.0. The first-order valence-electron chi connectivity index (χ1n) is 6.80. The lowest BCUT2D eigenvalue weighted by Crippen LogP contribution is -2.14. The number of aliphatic hydroxyl groups is 2. The van der Waals surface area contributed by atoms with E-state index >= 15 is 0 Å². The van der Waals surface area contributed by atoms with Crippen LogP contribution in [-0.2, 0) is 4.79 Å². The van der Waals surface area contributed by atoms with Crippen molar-refractivity contribution in [3.05, 3.63) is 42.0 Å². The highest BCUT2D eigenvalue weighted by Gasteiger charge is 2.12. The van der Waals surface area contributed by atoms with Gasteiger partial charge in [-0.3, -0.25) is 10.0 Å². The third kappa shape index (κ3) is 6.40. The predicted octanol–water partition coefficient (Wildman–Crippen LogP) is 1.32. The Labute approximate surface area is 123 Å². The maximum atomic E-state index is 10.7. The summed E-state index contributed by atoms with van der Waals surface area (Å²) in [7, 11) is 0. The van der Waals surface area contributed by atoms with Crippen LogP contribution >= 0.6 is 0 Å². The smallest absolute Gasteiger partial charge is 0.267 e. The highest BCUT2D eigenvalue weighted by Crippen LogP contribution is 2.28. The third-order valence-corrected chi connectivity index (χ3v) is 2.85. The predicted molar refractivity (Wildman–Crippen MR) is 76.9 cm³/mol. The molecule has 0 spiro atoms. The summed E-state index contributed by atoms with van der Waals surface area (Å²) in [6.07, 6.45) is 4.02. The summed E-state index contributed by atoms with van der Waals surface area (Å²) in [5.41, 5.74) is 2.19. The van der Waals surface area contributed by atoms with Crippen LogP contribution in [0.15, 0.2) is 36.4 Å². The molecule has 0 heterocycles. The minimum absolute atomic E-state index is 0.0812. The van der Waals surface area contributed by atoms with Crippen LogP contribution in [0.25, 0.3) is 0 Å². The highest BCUT2D eigenvalue weighted by atomic mass is 16.5. The Hall–Kier alpha value is -1.89. The van der Waals surface area contributed by atoms with Crippen molar-refractivity contribution in [1.82, 2.24) is 5.48 Å². The molecule has 4 N–H and O–H groups in total. The molecule has 6 nitrogen and oxygen atoms in total. The third-order valence-electron chi connectivity index (χ3n) is 2.85. The molecule has 1 atom stereocenters. The molecule has 0 saturated carbocycles. The Bertz CT molecular complexity index is 461. The van der Waals surface area contributed by atoms with E-state index in [4.69, 9.17) is 15.1 Å². The molecule has 1 aromatic carbocycles. The van der Waals surface area contributed by atoms with Crippen molar-refractivity contribution in [3.63, 3.8) is 0 Å². The first-order valence-corrected chi connectivity index (χ1v) is 6.80. The first kappa shape index (κ1) is 17.2. The molecule has 0 saturated heterocycles. The zero-order valence-electron chi connectivity index (χ0n) is 11.7. The average Bonchev–Trinajstić information content (AvgIpc) is 2.52. The summed E-state index contributed by atoms with van der Waals surface area (Å²) in [5, 5.41) is 27.3. The second kappa shape index (κ2) is 9.93. The van der Waals surface area contributed by atoms with E-state index in [2.05, 4.69) is 0 Å². The molecule has 1 rings (SSSR count). The summed E-state index contributed by atoms with van der Waals surface area (Å²) < 4.78 is 5.38. The van der Waals surface area contributed by atoms with Crippen molar-refractivity contribution in [2.24, 2.45) is 0 Å². The average molecular weight is 295 g/mol. The van der Waals surface area contributed by atoms with Crippen LogP contribution in [0.4, 0.5) is 0 Å². The van der Waals surface area contributed by atoms with Crippen LogP contribution in [0.1, 0.15) is 30.9 Å². The summed E-state index contributed by atoms with van der Waals surface area (Å²) in [5.74, 6) is -0.00690. The Morgan fingerprint density at radius 2 is 2.14 bits per heavy atom. The van der Waals surface area contributed by atoms with Gasteiger partial charge in [-0.1, -0.05) is 24.3 Å². The van der Waals surface area contributed by atoms with Gasteiger partial charge in [-0.15, -0.1) is 0 Å². The van der Waals surface area contributed by atoms with Crippen molar-refractivity contribution in [2.75, 3.05) is 13.2 Å². The lowest BCUT2D eigenvalue weighted by molar-refractivity contribution is -0.124. The molecular weight excluding hydrogens is 274 g/mol. The van der Waals surface area contributed by atoms with E-state index in [0.29, 0.717) is 30.6 Å². The number of carbonyl (C=O) groups excluding carboxylic acids is 1. The molecular formula is C15H21NO5. The summed E-state index contributed by atoms with van der Waals surface area (Å²) >= 11 is 0. The van der Waals surface area contributed by atoms with Crippen molar-refractivity contribution in [3.8, 4) is 5.75 Å². The van der Waals surface area contributed by atoms with Crippen molar-refractivity contribution in [1.29, 1.82) is 0 Å². The quantitative estimate of drug-likeness (QED) is 0.238. The van der Waals surface area contributed by atoms with E-state index in [1.807, 2.05) is 6.07 Å². The Balaban J connectivity index is 2.46. The van der Waals surface area contributed by atoms with Crippen molar-refractivity contribution in [2.45, 2.75) is 25.4 Å². The number of para-hydroxylation sites is 1. The molecule has 0 aromatic heterocycles. The number of aliphatic hydroxyl groups excluding tert-OH is 2. The van der Waals surface area contributed by atoms with E-state index in [1.54, 1.807) is 24.3 Å². The van der Waals surface area contributed by atoms with Crippen molar-refractivity contribution >= 4 is 5.91 Å². The van der Waals surface area contributed by atoms with Crippen LogP contribution in [-0.4, -0.2) is 34.5 Å². The number of amides is 1. The lowest BCUT2D eigenvalue weighted by Gasteiger charge is -2.15. The van der Waals surface area contributed by atoms with Gasteiger partial charge in [0.2, 0.25) is 0 Å². The van der Waals surface area contributed by atoms with Crippen LogP contribution < -0.4 is 10.2 Å². The van der Waals surface area contributed by atoms with Gasteiger partial charge in [-0.05, 0) is 25.3 Å². The van der Waals surface area contributed by atoms with Crippen molar-refractivity contribution < 1.29 is 25.0 Å².